The van der Waals surface area contributed by atoms with Crippen molar-refractivity contribution in [1.82, 2.24) is 4.98 Å². The Morgan fingerprint density at radius 1 is 1.30 bits per heavy atom. The number of pyridine rings is 1. The normalized spacial score (nSPS) is 9.65. The van der Waals surface area contributed by atoms with Crippen molar-refractivity contribution in [1.29, 1.82) is 0 Å². The SMILES string of the molecule is NC(=O)c1cccnc1.O=C([O-])CC(S)C(=O)[O-].[Na+].[Na+]. The molecule has 2 N–H and O–H groups in total. The third-order valence-corrected chi connectivity index (χ3v) is 1.97. The Hall–Kier alpha value is -0.0900. The van der Waals surface area contributed by atoms with Crippen LogP contribution >= 0.6 is 12.6 Å². The molecule has 1 amide bonds. The van der Waals surface area contributed by atoms with Crippen LogP contribution in [0.4, 0.5) is 0 Å². The summed E-state index contributed by atoms with van der Waals surface area (Å²) in [5.41, 5.74) is 5.38. The van der Waals surface area contributed by atoms with E-state index in [-0.39, 0.29) is 59.1 Å². The van der Waals surface area contributed by atoms with E-state index in [1.54, 1.807) is 18.3 Å². The van der Waals surface area contributed by atoms with E-state index in [0.717, 1.165) is 0 Å². The van der Waals surface area contributed by atoms with Crippen LogP contribution in [0.25, 0.3) is 0 Å². The van der Waals surface area contributed by atoms with Gasteiger partial charge in [0, 0.05) is 30.0 Å². The molecule has 10 heteroatoms. The molecule has 20 heavy (non-hydrogen) atoms. The Morgan fingerprint density at radius 3 is 2.05 bits per heavy atom. The molecule has 0 spiro atoms. The van der Waals surface area contributed by atoms with Crippen LogP contribution in [-0.2, 0) is 9.59 Å². The minimum Gasteiger partial charge on any atom is -0.550 e. The van der Waals surface area contributed by atoms with Gasteiger partial charge in [0.1, 0.15) is 0 Å². The zero-order valence-electron chi connectivity index (χ0n) is 11.1. The molecule has 7 nitrogen and oxygen atoms in total. The number of nitrogens with zero attached hydrogens (tertiary/aromatic N) is 1. The monoisotopic (exact) mass is 316 g/mol. The van der Waals surface area contributed by atoms with E-state index in [0.29, 0.717) is 5.56 Å². The van der Waals surface area contributed by atoms with E-state index in [9.17, 15) is 24.6 Å². The van der Waals surface area contributed by atoms with Crippen LogP contribution in [0.15, 0.2) is 24.5 Å². The van der Waals surface area contributed by atoms with Crippen LogP contribution in [-0.4, -0.2) is 28.1 Å². The zero-order chi connectivity index (χ0) is 14.1. The number of rotatable bonds is 4. The number of carboxylic acids is 2. The molecule has 1 aromatic heterocycles. The molecular weight excluding hydrogens is 306 g/mol. The molecule has 0 bridgehead atoms. The van der Waals surface area contributed by atoms with Crippen molar-refractivity contribution >= 4 is 30.5 Å². The molecule has 98 valence electrons. The number of primary amides is 1. The van der Waals surface area contributed by atoms with Gasteiger partial charge in [-0.3, -0.25) is 9.78 Å². The molecule has 0 aliphatic rings. The van der Waals surface area contributed by atoms with Crippen molar-refractivity contribution in [2.45, 2.75) is 11.7 Å². The smallest absolute Gasteiger partial charge is 0.550 e. The van der Waals surface area contributed by atoms with Gasteiger partial charge in [0.15, 0.2) is 0 Å². The molecule has 0 radical (unpaired) electrons. The number of hydrogen-bond donors (Lipinski definition) is 2. The standard InChI is InChI=1S/C6H6N2O.C4H6O4S.2Na/c7-6(9)5-2-1-3-8-4-5;5-3(6)1-2(9)4(7)8;;/h1-4H,(H2,7,9);2,9H,1H2,(H,5,6)(H,7,8);;/q;;2*+1/p-2. The van der Waals surface area contributed by atoms with Gasteiger partial charge in [-0.05, 0) is 12.1 Å². The average Bonchev–Trinajstić information content (AvgIpc) is 2.30. The molecule has 1 rings (SSSR count). The first-order valence-corrected chi connectivity index (χ1v) is 5.14. The van der Waals surface area contributed by atoms with Crippen molar-refractivity contribution in [2.75, 3.05) is 0 Å². The molecule has 1 aromatic rings. The number of nitrogens with two attached hydrogens (primary N) is 1. The molecule has 1 heterocycles. The van der Waals surface area contributed by atoms with E-state index < -0.39 is 29.5 Å². The van der Waals surface area contributed by atoms with Gasteiger partial charge >= 0.3 is 59.1 Å². The van der Waals surface area contributed by atoms with E-state index in [2.05, 4.69) is 17.6 Å². The Morgan fingerprint density at radius 2 is 1.85 bits per heavy atom. The van der Waals surface area contributed by atoms with Crippen LogP contribution in [0.5, 0.6) is 0 Å². The Kier molecular flexibility index (Phi) is 17.3. The number of carbonyl (C=O) groups is 3. The van der Waals surface area contributed by atoms with Crippen LogP contribution in [0.1, 0.15) is 16.8 Å². The van der Waals surface area contributed by atoms with E-state index >= 15 is 0 Å². The van der Waals surface area contributed by atoms with Gasteiger partial charge in [-0.15, -0.1) is 0 Å². The number of aromatic nitrogens is 1. The first-order valence-electron chi connectivity index (χ1n) is 4.63. The van der Waals surface area contributed by atoms with Gasteiger partial charge in [-0.1, -0.05) is 0 Å². The Bertz CT molecular complexity index is 433. The Labute approximate surface area is 165 Å². The van der Waals surface area contributed by atoms with Crippen molar-refractivity contribution in [3.05, 3.63) is 30.1 Å². The van der Waals surface area contributed by atoms with Crippen molar-refractivity contribution < 1.29 is 83.7 Å². The molecule has 1 atom stereocenters. The largest absolute Gasteiger partial charge is 1.00 e. The van der Waals surface area contributed by atoms with Gasteiger partial charge in [0.05, 0.1) is 11.5 Å². The van der Waals surface area contributed by atoms with Crippen molar-refractivity contribution in [3.63, 3.8) is 0 Å². The maximum Gasteiger partial charge on any atom is 1.00 e. The predicted molar refractivity (Wildman–Crippen MR) is 60.2 cm³/mol. The predicted octanol–water partition coefficient (Wildman–Crippen LogP) is -8.64. The van der Waals surface area contributed by atoms with Crippen LogP contribution in [0.3, 0.4) is 0 Å². The molecule has 0 aliphatic heterocycles. The van der Waals surface area contributed by atoms with Gasteiger partial charge in [-0.2, -0.15) is 12.6 Å². The molecule has 0 saturated carbocycles. The first-order chi connectivity index (χ1) is 8.34. The van der Waals surface area contributed by atoms with Crippen LogP contribution < -0.4 is 75.1 Å². The minimum atomic E-state index is -1.50. The number of carbonyl (C=O) groups excluding carboxylic acids is 3. The fourth-order valence-electron chi connectivity index (χ4n) is 0.750. The summed E-state index contributed by atoms with van der Waals surface area (Å²) in [4.78, 5) is 33.5. The fraction of sp³-hybridized carbons (Fsp3) is 0.200. The van der Waals surface area contributed by atoms with Crippen LogP contribution in [0.2, 0.25) is 0 Å². The average molecular weight is 316 g/mol. The molecule has 0 fully saturated rings. The summed E-state index contributed by atoms with van der Waals surface area (Å²) in [7, 11) is 0. The second kappa shape index (κ2) is 13.9. The summed E-state index contributed by atoms with van der Waals surface area (Å²) in [6.07, 6.45) is 2.40. The second-order valence-electron chi connectivity index (χ2n) is 3.02. The molecule has 0 saturated heterocycles. The van der Waals surface area contributed by atoms with Gasteiger partial charge in [0.2, 0.25) is 5.91 Å². The number of aliphatic carboxylic acids is 2. The molecule has 1 unspecified atom stereocenters. The summed E-state index contributed by atoms with van der Waals surface area (Å²) in [5, 5.41) is 18.2. The van der Waals surface area contributed by atoms with Crippen molar-refractivity contribution in [3.8, 4) is 0 Å². The third kappa shape index (κ3) is 12.9. The van der Waals surface area contributed by atoms with Gasteiger partial charge in [0.25, 0.3) is 0 Å². The number of amides is 1. The summed E-state index contributed by atoms with van der Waals surface area (Å²) < 4.78 is 0. The quantitative estimate of drug-likeness (QED) is 0.418. The zero-order valence-corrected chi connectivity index (χ0v) is 16.0. The second-order valence-corrected chi connectivity index (χ2v) is 3.64. The van der Waals surface area contributed by atoms with Gasteiger partial charge in [-0.25, -0.2) is 0 Å². The van der Waals surface area contributed by atoms with E-state index in [1.165, 1.54) is 6.20 Å². The maximum atomic E-state index is 10.4. The van der Waals surface area contributed by atoms with Crippen molar-refractivity contribution in [2.24, 2.45) is 5.73 Å². The fourth-order valence-corrected chi connectivity index (χ4v) is 0.899. The van der Waals surface area contributed by atoms with E-state index in [1.807, 2.05) is 0 Å². The number of carboxylic acid groups (broad SMARTS) is 2. The van der Waals surface area contributed by atoms with E-state index in [4.69, 9.17) is 5.73 Å². The summed E-state index contributed by atoms with van der Waals surface area (Å²) in [6, 6.07) is 3.29. The summed E-state index contributed by atoms with van der Waals surface area (Å²) >= 11 is 3.38. The number of thiol groups is 1. The maximum absolute atomic E-state index is 10.4. The molecular formula is C10H10N2Na2O5S. The van der Waals surface area contributed by atoms with Crippen LogP contribution in [0, 0.1) is 0 Å². The summed E-state index contributed by atoms with van der Waals surface area (Å²) in [6.45, 7) is 0. The van der Waals surface area contributed by atoms with Gasteiger partial charge < -0.3 is 25.5 Å². The minimum absolute atomic E-state index is 0. The molecule has 0 aromatic carbocycles. The summed E-state index contributed by atoms with van der Waals surface area (Å²) in [5.74, 6) is -3.38. The number of hydrogen-bond acceptors (Lipinski definition) is 7. The molecule has 0 aliphatic carbocycles. The first kappa shape index (κ1) is 24.9. The third-order valence-electron chi connectivity index (χ3n) is 1.58. The Balaban J connectivity index is -0.000000263. The topological polar surface area (TPSA) is 136 Å².